The summed E-state index contributed by atoms with van der Waals surface area (Å²) in [5.41, 5.74) is 1.81. The van der Waals surface area contributed by atoms with Crippen molar-refractivity contribution in [2.45, 2.75) is 25.3 Å². The van der Waals surface area contributed by atoms with Gasteiger partial charge in [-0.15, -0.1) is 0 Å². The number of carbonyl (C=O) groups is 2. The van der Waals surface area contributed by atoms with Crippen LogP contribution in [-0.2, 0) is 9.53 Å². The minimum absolute atomic E-state index is 0.0297. The third kappa shape index (κ3) is 4.42. The highest BCUT2D eigenvalue weighted by atomic mass is 35.5. The van der Waals surface area contributed by atoms with Crippen LogP contribution in [0.5, 0.6) is 0 Å². The third-order valence-corrected chi connectivity index (χ3v) is 4.66. The van der Waals surface area contributed by atoms with E-state index in [1.165, 1.54) is 0 Å². The molecule has 0 saturated carbocycles. The van der Waals surface area contributed by atoms with Crippen LogP contribution in [0.4, 0.5) is 0 Å². The van der Waals surface area contributed by atoms with Crippen LogP contribution in [-0.4, -0.2) is 57.9 Å². The molecule has 2 N–H and O–H groups in total. The molecular weight excluding hydrogens is 358 g/mol. The molecule has 7 nitrogen and oxygen atoms in total. The number of aromatic nitrogens is 2. The lowest BCUT2D eigenvalue weighted by Gasteiger charge is -2.33. The second kappa shape index (κ2) is 8.33. The van der Waals surface area contributed by atoms with E-state index in [1.807, 2.05) is 12.1 Å². The van der Waals surface area contributed by atoms with Gasteiger partial charge in [-0.25, -0.2) is 0 Å². The Bertz CT molecular complexity index is 769. The van der Waals surface area contributed by atoms with Gasteiger partial charge in [0.15, 0.2) is 0 Å². The summed E-state index contributed by atoms with van der Waals surface area (Å²) in [6.07, 6.45) is 1.30. The van der Waals surface area contributed by atoms with Gasteiger partial charge in [0.25, 0.3) is 5.91 Å². The molecule has 0 radical (unpaired) electrons. The number of ether oxygens (including phenoxy) is 1. The fraction of sp³-hybridized carbons (Fsp3) is 0.389. The van der Waals surface area contributed by atoms with Crippen molar-refractivity contribution in [2.75, 3.05) is 19.8 Å². The summed E-state index contributed by atoms with van der Waals surface area (Å²) >= 11 is 5.90. The normalized spacial score (nSPS) is 15.0. The van der Waals surface area contributed by atoms with Crippen molar-refractivity contribution in [1.82, 2.24) is 15.1 Å². The van der Waals surface area contributed by atoms with Crippen molar-refractivity contribution in [2.24, 2.45) is 0 Å². The molecule has 1 amide bonds. The number of hydrogen-bond donors (Lipinski definition) is 2. The van der Waals surface area contributed by atoms with E-state index >= 15 is 0 Å². The minimum Gasteiger partial charge on any atom is -0.481 e. The van der Waals surface area contributed by atoms with E-state index in [4.69, 9.17) is 21.4 Å². The number of benzene rings is 1. The Hall–Kier alpha value is -2.38. The maximum atomic E-state index is 13.0. The number of H-pyrrole nitrogens is 1. The Morgan fingerprint density at radius 3 is 2.62 bits per heavy atom. The highest BCUT2D eigenvalue weighted by Gasteiger charge is 2.28. The number of carboxylic acid groups (broad SMARTS) is 1. The summed E-state index contributed by atoms with van der Waals surface area (Å²) in [4.78, 5) is 25.5. The van der Waals surface area contributed by atoms with E-state index in [2.05, 4.69) is 10.2 Å². The van der Waals surface area contributed by atoms with Crippen LogP contribution < -0.4 is 0 Å². The molecule has 1 saturated heterocycles. The Morgan fingerprint density at radius 2 is 1.96 bits per heavy atom. The number of halogens is 1. The number of rotatable bonds is 6. The summed E-state index contributed by atoms with van der Waals surface area (Å²) in [5.74, 6) is -1.17. The number of carboxylic acids is 1. The van der Waals surface area contributed by atoms with E-state index in [0.717, 1.165) is 5.56 Å². The topological polar surface area (TPSA) is 95.5 Å². The molecule has 1 aliphatic heterocycles. The number of nitrogens with one attached hydrogen (secondary N) is 1. The molecule has 2 heterocycles. The Labute approximate surface area is 155 Å². The molecule has 0 atom stereocenters. The van der Waals surface area contributed by atoms with Gasteiger partial charge in [0.2, 0.25) is 0 Å². The maximum Gasteiger partial charge on any atom is 0.305 e. The van der Waals surface area contributed by atoms with Gasteiger partial charge in [-0.05, 0) is 31.0 Å². The zero-order valence-corrected chi connectivity index (χ0v) is 14.9. The first-order valence-electron chi connectivity index (χ1n) is 8.46. The highest BCUT2D eigenvalue weighted by molar-refractivity contribution is 6.30. The number of carbonyl (C=O) groups excluding carboxylic acids is 1. The zero-order chi connectivity index (χ0) is 18.5. The van der Waals surface area contributed by atoms with Crippen LogP contribution in [0.2, 0.25) is 5.02 Å². The molecule has 0 unspecified atom stereocenters. The molecule has 0 spiro atoms. The van der Waals surface area contributed by atoms with Crippen LogP contribution in [0.1, 0.15) is 29.8 Å². The Kier molecular flexibility index (Phi) is 5.90. The molecule has 0 bridgehead atoms. The lowest BCUT2D eigenvalue weighted by atomic mass is 10.1. The Morgan fingerprint density at radius 1 is 1.27 bits per heavy atom. The van der Waals surface area contributed by atoms with Gasteiger partial charge in [-0.3, -0.25) is 14.7 Å². The van der Waals surface area contributed by atoms with Crippen molar-refractivity contribution >= 4 is 23.5 Å². The van der Waals surface area contributed by atoms with Crippen LogP contribution >= 0.6 is 11.6 Å². The molecule has 1 aromatic heterocycles. The number of hydrogen-bond acceptors (Lipinski definition) is 4. The van der Waals surface area contributed by atoms with Gasteiger partial charge in [-0.2, -0.15) is 5.10 Å². The molecule has 1 fully saturated rings. The van der Waals surface area contributed by atoms with Crippen LogP contribution in [0.25, 0.3) is 11.3 Å². The lowest BCUT2D eigenvalue weighted by molar-refractivity contribution is -0.137. The van der Waals surface area contributed by atoms with Crippen molar-refractivity contribution in [3.05, 3.63) is 41.0 Å². The Balaban J connectivity index is 1.79. The van der Waals surface area contributed by atoms with E-state index < -0.39 is 5.97 Å². The van der Waals surface area contributed by atoms with Crippen LogP contribution in [0, 0.1) is 0 Å². The summed E-state index contributed by atoms with van der Waals surface area (Å²) in [6.45, 7) is 1.30. The fourth-order valence-corrected chi connectivity index (χ4v) is 3.14. The number of amides is 1. The monoisotopic (exact) mass is 377 g/mol. The summed E-state index contributed by atoms with van der Waals surface area (Å²) in [5, 5.41) is 16.6. The second-order valence-corrected chi connectivity index (χ2v) is 6.60. The molecule has 8 heteroatoms. The van der Waals surface area contributed by atoms with Gasteiger partial charge in [-0.1, -0.05) is 23.7 Å². The molecule has 1 aromatic carbocycles. The molecule has 2 aromatic rings. The second-order valence-electron chi connectivity index (χ2n) is 6.16. The molecular formula is C18H20ClN3O4. The lowest BCUT2D eigenvalue weighted by Crippen LogP contribution is -2.44. The standard InChI is InChI=1S/C18H20ClN3O4/c19-13-3-1-12(2-4-13)15-11-16(21-20-15)18(25)22(8-5-17(23)24)14-6-9-26-10-7-14/h1-4,11,14H,5-10H2,(H,20,21)(H,23,24). The van der Waals surface area contributed by atoms with E-state index in [0.29, 0.717) is 42.5 Å². The summed E-state index contributed by atoms with van der Waals surface area (Å²) < 4.78 is 5.35. The van der Waals surface area contributed by atoms with Crippen molar-refractivity contribution in [1.29, 1.82) is 0 Å². The number of aliphatic carboxylic acids is 1. The molecule has 3 rings (SSSR count). The van der Waals surface area contributed by atoms with Crippen LogP contribution in [0.3, 0.4) is 0 Å². The first-order chi connectivity index (χ1) is 12.5. The van der Waals surface area contributed by atoms with Crippen molar-refractivity contribution in [3.8, 4) is 11.3 Å². The van der Waals surface area contributed by atoms with Gasteiger partial charge in [0.1, 0.15) is 5.69 Å². The fourth-order valence-electron chi connectivity index (χ4n) is 3.02. The SMILES string of the molecule is O=C(O)CCN(C(=O)c1cc(-c2ccc(Cl)cc2)n[nH]1)C1CCOCC1. The van der Waals surface area contributed by atoms with Gasteiger partial charge < -0.3 is 14.7 Å². The predicted octanol–water partition coefficient (Wildman–Crippen LogP) is 2.83. The summed E-state index contributed by atoms with van der Waals surface area (Å²) in [6, 6.07) is 8.82. The quantitative estimate of drug-likeness (QED) is 0.807. The maximum absolute atomic E-state index is 13.0. The van der Waals surface area contributed by atoms with Crippen molar-refractivity contribution < 1.29 is 19.4 Å². The average molecular weight is 378 g/mol. The van der Waals surface area contributed by atoms with E-state index in [1.54, 1.807) is 23.1 Å². The third-order valence-electron chi connectivity index (χ3n) is 4.41. The molecule has 0 aliphatic carbocycles. The van der Waals surface area contributed by atoms with E-state index in [9.17, 15) is 9.59 Å². The smallest absolute Gasteiger partial charge is 0.305 e. The van der Waals surface area contributed by atoms with Crippen LogP contribution in [0.15, 0.2) is 30.3 Å². The van der Waals surface area contributed by atoms with Crippen molar-refractivity contribution in [3.63, 3.8) is 0 Å². The first kappa shape index (κ1) is 18.4. The van der Waals surface area contributed by atoms with E-state index in [-0.39, 0.29) is 24.9 Å². The first-order valence-corrected chi connectivity index (χ1v) is 8.84. The molecule has 26 heavy (non-hydrogen) atoms. The predicted molar refractivity (Wildman–Crippen MR) is 96.2 cm³/mol. The summed E-state index contributed by atoms with van der Waals surface area (Å²) in [7, 11) is 0. The average Bonchev–Trinajstić information content (AvgIpc) is 3.13. The number of nitrogens with zero attached hydrogens (tertiary/aromatic N) is 2. The molecule has 1 aliphatic rings. The largest absolute Gasteiger partial charge is 0.481 e. The van der Waals surface area contributed by atoms with Gasteiger partial charge in [0, 0.05) is 36.4 Å². The number of aromatic amines is 1. The van der Waals surface area contributed by atoms with Gasteiger partial charge >= 0.3 is 5.97 Å². The highest BCUT2D eigenvalue weighted by Crippen LogP contribution is 2.22. The van der Waals surface area contributed by atoms with Gasteiger partial charge in [0.05, 0.1) is 12.1 Å². The molecule has 138 valence electrons. The minimum atomic E-state index is -0.929. The zero-order valence-electron chi connectivity index (χ0n) is 14.2.